The minimum absolute atomic E-state index is 0.0914. The van der Waals surface area contributed by atoms with Gasteiger partial charge >= 0.3 is 5.97 Å². The average Bonchev–Trinajstić information content (AvgIpc) is 2.69. The van der Waals surface area contributed by atoms with Crippen molar-refractivity contribution in [3.63, 3.8) is 0 Å². The van der Waals surface area contributed by atoms with Gasteiger partial charge in [0.2, 0.25) is 0 Å². The largest absolute Gasteiger partial charge is 0.461 e. The van der Waals surface area contributed by atoms with E-state index in [-0.39, 0.29) is 23.1 Å². The van der Waals surface area contributed by atoms with E-state index >= 15 is 0 Å². The highest BCUT2D eigenvalue weighted by Crippen LogP contribution is 2.46. The molecule has 2 aliphatic rings. The third-order valence-electron chi connectivity index (χ3n) is 5.57. The number of Topliss-reactive ketones (excluding diaryl/α,β-unsaturated/α-hetero) is 1. The van der Waals surface area contributed by atoms with Gasteiger partial charge in [0.25, 0.3) is 0 Å². The first-order chi connectivity index (χ1) is 14.3. The lowest BCUT2D eigenvalue weighted by molar-refractivity contribution is -0.138. The Kier molecular flexibility index (Phi) is 7.40. The summed E-state index contributed by atoms with van der Waals surface area (Å²) < 4.78 is 5.61. The fraction of sp³-hybridized carbons (Fsp3) is 0.500. The van der Waals surface area contributed by atoms with Gasteiger partial charge in [-0.25, -0.2) is 4.79 Å². The van der Waals surface area contributed by atoms with Gasteiger partial charge in [-0.3, -0.25) is 4.79 Å². The van der Waals surface area contributed by atoms with E-state index in [0.717, 1.165) is 45.4 Å². The summed E-state index contributed by atoms with van der Waals surface area (Å²) in [5.41, 5.74) is 3.89. The number of esters is 1. The Morgan fingerprint density at radius 2 is 1.93 bits per heavy atom. The normalized spacial score (nSPS) is 20.7. The zero-order valence-electron chi connectivity index (χ0n) is 18.5. The van der Waals surface area contributed by atoms with Gasteiger partial charge in [0.1, 0.15) is 6.61 Å². The lowest BCUT2D eigenvalue weighted by Gasteiger charge is -2.39. The molecule has 3 rings (SSSR count). The molecule has 162 valence electrons. The molecule has 0 radical (unpaired) electrons. The minimum Gasteiger partial charge on any atom is -0.461 e. The number of dihydropyridines is 1. The number of benzene rings is 1. The maximum Gasteiger partial charge on any atom is 0.336 e. The number of ether oxygens (including phenoxy) is 1. The average molecular weight is 446 g/mol. The number of carbonyl (C=O) groups excluding carboxylic acids is 2. The van der Waals surface area contributed by atoms with Crippen LogP contribution in [0.5, 0.6) is 0 Å². The number of rotatable bonds is 7. The standard InChI is InChI=1S/C24H31NO3S2/c1-6-30-12-11-28-23(27)20-15(2)25-18-13-24(3,4)14-19(26)22(18)21(20)16-7-9-17(29-5)10-8-16/h7-10,21,25H,6,11-14H2,1-5H3/t21-/m1/s1. The number of nitrogens with one attached hydrogen (secondary N) is 1. The molecule has 1 atom stereocenters. The fourth-order valence-corrected chi connectivity index (χ4v) is 5.15. The molecule has 1 heterocycles. The zero-order valence-corrected chi connectivity index (χ0v) is 20.1. The Labute approximate surface area is 188 Å². The van der Waals surface area contributed by atoms with E-state index in [1.807, 2.05) is 25.3 Å². The van der Waals surface area contributed by atoms with Crippen molar-refractivity contribution in [1.82, 2.24) is 5.32 Å². The molecule has 0 aromatic heterocycles. The molecule has 1 aliphatic heterocycles. The van der Waals surface area contributed by atoms with Crippen molar-refractivity contribution in [3.8, 4) is 0 Å². The van der Waals surface area contributed by atoms with Crippen molar-refractivity contribution < 1.29 is 14.3 Å². The Bertz CT molecular complexity index is 884. The molecule has 0 unspecified atom stereocenters. The van der Waals surface area contributed by atoms with Crippen LogP contribution in [0.15, 0.2) is 51.7 Å². The van der Waals surface area contributed by atoms with Gasteiger partial charge in [-0.05, 0) is 48.5 Å². The number of carbonyl (C=O) groups is 2. The second-order valence-electron chi connectivity index (χ2n) is 8.54. The van der Waals surface area contributed by atoms with Gasteiger partial charge in [0, 0.05) is 40.0 Å². The summed E-state index contributed by atoms with van der Waals surface area (Å²) in [5.74, 6) is 1.17. The molecular formula is C24H31NO3S2. The van der Waals surface area contributed by atoms with Crippen molar-refractivity contribution in [3.05, 3.63) is 52.4 Å². The predicted octanol–water partition coefficient (Wildman–Crippen LogP) is 5.31. The topological polar surface area (TPSA) is 55.4 Å². The van der Waals surface area contributed by atoms with Gasteiger partial charge in [-0.15, -0.1) is 11.8 Å². The second kappa shape index (κ2) is 9.65. The van der Waals surface area contributed by atoms with Crippen molar-refractivity contribution in [2.24, 2.45) is 5.41 Å². The monoisotopic (exact) mass is 445 g/mol. The van der Waals surface area contributed by atoms with E-state index in [1.165, 1.54) is 0 Å². The van der Waals surface area contributed by atoms with Crippen LogP contribution in [0.3, 0.4) is 0 Å². The molecule has 0 saturated heterocycles. The molecule has 0 spiro atoms. The van der Waals surface area contributed by atoms with Crippen LogP contribution in [0, 0.1) is 5.41 Å². The third-order valence-corrected chi connectivity index (χ3v) is 7.18. The van der Waals surface area contributed by atoms with Crippen molar-refractivity contribution in [2.75, 3.05) is 24.4 Å². The van der Waals surface area contributed by atoms with Crippen LogP contribution in [0.25, 0.3) is 0 Å². The lowest BCUT2D eigenvalue weighted by atomic mass is 9.68. The Hall–Kier alpha value is -1.66. The van der Waals surface area contributed by atoms with Crippen LogP contribution >= 0.6 is 23.5 Å². The van der Waals surface area contributed by atoms with E-state index in [4.69, 9.17) is 4.74 Å². The first-order valence-corrected chi connectivity index (χ1v) is 12.8. The summed E-state index contributed by atoms with van der Waals surface area (Å²) >= 11 is 3.42. The molecule has 1 aliphatic carbocycles. The summed E-state index contributed by atoms with van der Waals surface area (Å²) in [6, 6.07) is 8.17. The van der Waals surface area contributed by atoms with Crippen molar-refractivity contribution in [1.29, 1.82) is 0 Å². The number of hydrogen-bond acceptors (Lipinski definition) is 6. The smallest absolute Gasteiger partial charge is 0.336 e. The van der Waals surface area contributed by atoms with Crippen molar-refractivity contribution in [2.45, 2.75) is 51.3 Å². The van der Waals surface area contributed by atoms with E-state index < -0.39 is 0 Å². The van der Waals surface area contributed by atoms with E-state index in [0.29, 0.717) is 18.6 Å². The first kappa shape index (κ1) is 23.0. The molecule has 1 aromatic rings. The summed E-state index contributed by atoms with van der Waals surface area (Å²) in [6.07, 6.45) is 3.32. The van der Waals surface area contributed by atoms with Crippen LogP contribution in [-0.2, 0) is 14.3 Å². The quantitative estimate of drug-likeness (QED) is 0.349. The van der Waals surface area contributed by atoms with Crippen LogP contribution < -0.4 is 5.32 Å². The van der Waals surface area contributed by atoms with Gasteiger partial charge < -0.3 is 10.1 Å². The molecule has 0 amide bonds. The summed E-state index contributed by atoms with van der Waals surface area (Å²) in [7, 11) is 0. The molecule has 4 nitrogen and oxygen atoms in total. The van der Waals surface area contributed by atoms with E-state index in [2.05, 4.69) is 38.2 Å². The second-order valence-corrected chi connectivity index (χ2v) is 10.8. The van der Waals surface area contributed by atoms with Gasteiger partial charge in [0.05, 0.1) is 5.57 Å². The third kappa shape index (κ3) is 4.97. The summed E-state index contributed by atoms with van der Waals surface area (Å²) in [5, 5.41) is 3.39. The number of allylic oxidation sites excluding steroid dienone is 3. The van der Waals surface area contributed by atoms with Crippen LogP contribution in [0.4, 0.5) is 0 Å². The maximum atomic E-state index is 13.2. The molecule has 30 heavy (non-hydrogen) atoms. The highest BCUT2D eigenvalue weighted by Gasteiger charge is 2.43. The van der Waals surface area contributed by atoms with E-state index in [9.17, 15) is 9.59 Å². The molecule has 0 fully saturated rings. The van der Waals surface area contributed by atoms with Gasteiger partial charge in [-0.1, -0.05) is 32.9 Å². The van der Waals surface area contributed by atoms with Crippen molar-refractivity contribution >= 4 is 35.3 Å². The lowest BCUT2D eigenvalue weighted by Crippen LogP contribution is -2.38. The fourth-order valence-electron chi connectivity index (χ4n) is 4.25. The number of ketones is 1. The molecule has 1 N–H and O–H groups in total. The SMILES string of the molecule is CCSCCOC(=O)C1=C(C)NC2=C(C(=O)CC(C)(C)C2)[C@@H]1c1ccc(SC)cc1. The minimum atomic E-state index is -0.382. The molecule has 0 saturated carbocycles. The van der Waals surface area contributed by atoms with Crippen LogP contribution in [-0.4, -0.2) is 36.1 Å². The number of thioether (sulfide) groups is 2. The highest BCUT2D eigenvalue weighted by atomic mass is 32.2. The molecule has 0 bridgehead atoms. The Morgan fingerprint density at radius 3 is 2.57 bits per heavy atom. The highest BCUT2D eigenvalue weighted by molar-refractivity contribution is 7.99. The molecular weight excluding hydrogens is 414 g/mol. The van der Waals surface area contributed by atoms with Gasteiger partial charge in [-0.2, -0.15) is 11.8 Å². The Balaban J connectivity index is 2.02. The molecule has 6 heteroatoms. The Morgan fingerprint density at radius 1 is 1.23 bits per heavy atom. The summed E-state index contributed by atoms with van der Waals surface area (Å²) in [4.78, 5) is 27.5. The van der Waals surface area contributed by atoms with E-state index in [1.54, 1.807) is 23.5 Å². The van der Waals surface area contributed by atoms with Crippen LogP contribution in [0.1, 0.15) is 52.0 Å². The predicted molar refractivity (Wildman–Crippen MR) is 126 cm³/mol. The summed E-state index contributed by atoms with van der Waals surface area (Å²) in [6.45, 7) is 8.61. The number of hydrogen-bond donors (Lipinski definition) is 1. The first-order valence-electron chi connectivity index (χ1n) is 10.4. The van der Waals surface area contributed by atoms with Gasteiger partial charge in [0.15, 0.2) is 5.78 Å². The van der Waals surface area contributed by atoms with Crippen LogP contribution in [0.2, 0.25) is 0 Å². The zero-order chi connectivity index (χ0) is 21.9. The molecule has 1 aromatic carbocycles. The maximum absolute atomic E-state index is 13.2.